The number of hydrogen-bond acceptors (Lipinski definition) is 2. The van der Waals surface area contributed by atoms with Crippen LogP contribution in [0.2, 0.25) is 0 Å². The topological polar surface area (TPSA) is 49.4 Å². The quantitative estimate of drug-likeness (QED) is 0.435. The van der Waals surface area contributed by atoms with Gasteiger partial charge in [0.15, 0.2) is 0 Å². The van der Waals surface area contributed by atoms with E-state index in [2.05, 4.69) is 5.32 Å². The van der Waals surface area contributed by atoms with Crippen LogP contribution in [0.5, 0.6) is 0 Å². The Kier molecular flexibility index (Phi) is 7.46. The first-order chi connectivity index (χ1) is 18.8. The number of likely N-dealkylation sites (tertiary alicyclic amines) is 1. The van der Waals surface area contributed by atoms with E-state index in [1.54, 1.807) is 18.2 Å². The van der Waals surface area contributed by atoms with Gasteiger partial charge >= 0.3 is 6.18 Å². The Balaban J connectivity index is 1.46. The molecule has 2 fully saturated rings. The number of rotatable bonds is 5. The molecule has 1 heterocycles. The van der Waals surface area contributed by atoms with Crippen LogP contribution in [0.4, 0.5) is 22.0 Å². The molecule has 1 N–H and O–H groups in total. The van der Waals surface area contributed by atoms with E-state index in [4.69, 9.17) is 0 Å². The molecule has 1 saturated carbocycles. The molecule has 40 heavy (non-hydrogen) atoms. The zero-order valence-corrected chi connectivity index (χ0v) is 22.8. The third-order valence-electron chi connectivity index (χ3n) is 9.42. The molecule has 0 spiro atoms. The van der Waals surface area contributed by atoms with Crippen LogP contribution >= 0.6 is 0 Å². The molecule has 2 amide bonds. The lowest BCUT2D eigenvalue weighted by molar-refractivity contribution is -0.228. The molecule has 1 saturated heterocycles. The predicted octanol–water partition coefficient (Wildman–Crippen LogP) is 6.30. The summed E-state index contributed by atoms with van der Waals surface area (Å²) in [5, 5.41) is 2.94. The first-order valence-electron chi connectivity index (χ1n) is 14.0. The zero-order valence-electron chi connectivity index (χ0n) is 22.8. The van der Waals surface area contributed by atoms with Gasteiger partial charge in [-0.3, -0.25) is 9.59 Å². The van der Waals surface area contributed by atoms with Crippen molar-refractivity contribution < 1.29 is 31.5 Å². The molecule has 4 nitrogen and oxygen atoms in total. The van der Waals surface area contributed by atoms with Gasteiger partial charge in [0.05, 0.1) is 0 Å². The van der Waals surface area contributed by atoms with Crippen LogP contribution in [0.3, 0.4) is 0 Å². The Morgan fingerprint density at radius 1 is 1.00 bits per heavy atom. The molecule has 2 aliphatic carbocycles. The molecule has 9 heteroatoms. The average molecular weight is 563 g/mol. The fourth-order valence-corrected chi connectivity index (χ4v) is 7.26. The van der Waals surface area contributed by atoms with Crippen LogP contribution < -0.4 is 5.32 Å². The summed E-state index contributed by atoms with van der Waals surface area (Å²) in [6.07, 6.45) is -0.0969. The van der Waals surface area contributed by atoms with E-state index in [1.165, 1.54) is 31.2 Å². The van der Waals surface area contributed by atoms with E-state index in [9.17, 15) is 31.5 Å². The number of nitrogens with one attached hydrogen (secondary N) is 1. The normalized spacial score (nSPS) is 27.9. The lowest BCUT2D eigenvalue weighted by Crippen LogP contribution is -2.51. The number of aryl methyl sites for hydroxylation is 1. The number of halogens is 5. The Morgan fingerprint density at radius 3 is 2.30 bits per heavy atom. The molecule has 1 aliphatic heterocycles. The van der Waals surface area contributed by atoms with Crippen molar-refractivity contribution in [3.8, 4) is 0 Å². The van der Waals surface area contributed by atoms with Gasteiger partial charge in [0.25, 0.3) is 0 Å². The molecular weight excluding hydrogens is 527 g/mol. The number of fused-ring (bicyclic) bond motifs is 3. The summed E-state index contributed by atoms with van der Waals surface area (Å²) in [6, 6.07) is 10.3. The van der Waals surface area contributed by atoms with Gasteiger partial charge in [-0.2, -0.15) is 13.2 Å². The maximum atomic E-state index is 14.9. The molecule has 2 aromatic rings. The van der Waals surface area contributed by atoms with E-state index < -0.39 is 22.8 Å². The molecule has 216 valence electrons. The van der Waals surface area contributed by atoms with Crippen LogP contribution in [0.1, 0.15) is 74.6 Å². The number of hydrogen-bond donors (Lipinski definition) is 1. The Labute approximate surface area is 231 Å². The van der Waals surface area contributed by atoms with Gasteiger partial charge in [0.2, 0.25) is 17.5 Å². The monoisotopic (exact) mass is 562 g/mol. The molecule has 3 aliphatic rings. The number of benzene rings is 2. The van der Waals surface area contributed by atoms with Gasteiger partial charge in [-0.15, -0.1) is 0 Å². The highest BCUT2D eigenvalue weighted by Crippen LogP contribution is 2.51. The Bertz CT molecular complexity index is 1270. The first-order valence-corrected chi connectivity index (χ1v) is 14.0. The lowest BCUT2D eigenvalue weighted by atomic mass is 9.63. The maximum absolute atomic E-state index is 14.9. The van der Waals surface area contributed by atoms with Gasteiger partial charge in [0, 0.05) is 36.9 Å². The van der Waals surface area contributed by atoms with E-state index in [1.807, 2.05) is 4.90 Å². The van der Waals surface area contributed by atoms with Crippen LogP contribution in [-0.4, -0.2) is 41.5 Å². The van der Waals surface area contributed by atoms with Gasteiger partial charge in [0.1, 0.15) is 5.82 Å². The largest absolute Gasteiger partial charge is 0.426 e. The highest BCUT2D eigenvalue weighted by Gasteiger charge is 2.56. The molecule has 0 bridgehead atoms. The number of alkyl halides is 4. The van der Waals surface area contributed by atoms with Gasteiger partial charge < -0.3 is 10.2 Å². The summed E-state index contributed by atoms with van der Waals surface area (Å²) in [6.45, 7) is 2.55. The molecule has 0 aromatic heterocycles. The van der Waals surface area contributed by atoms with E-state index in [-0.39, 0.29) is 35.6 Å². The summed E-state index contributed by atoms with van der Waals surface area (Å²) < 4.78 is 69.1. The minimum absolute atomic E-state index is 0.0753. The van der Waals surface area contributed by atoms with Gasteiger partial charge in [-0.1, -0.05) is 30.3 Å². The lowest BCUT2D eigenvalue weighted by Gasteiger charge is -2.45. The SMILES string of the molecule is CC(=O)NC1CCC(C(=O)N2CC[C@@]3(Cc4ccc(F)cc4)c4ccc(C(C)(F)C(F)(F)F)cc4CC[C@@H]23)CC1. The van der Waals surface area contributed by atoms with Crippen molar-refractivity contribution in [2.24, 2.45) is 5.92 Å². The van der Waals surface area contributed by atoms with Crippen LogP contribution in [0.15, 0.2) is 42.5 Å². The zero-order chi connectivity index (χ0) is 28.9. The predicted molar refractivity (Wildman–Crippen MR) is 141 cm³/mol. The first kappa shape index (κ1) is 28.6. The van der Waals surface area contributed by atoms with Crippen molar-refractivity contribution in [3.63, 3.8) is 0 Å². The van der Waals surface area contributed by atoms with Crippen molar-refractivity contribution >= 4 is 11.8 Å². The highest BCUT2D eigenvalue weighted by atomic mass is 19.4. The second kappa shape index (κ2) is 10.5. The summed E-state index contributed by atoms with van der Waals surface area (Å²) in [4.78, 5) is 27.2. The van der Waals surface area contributed by atoms with E-state index in [0.717, 1.165) is 24.0 Å². The number of amides is 2. The van der Waals surface area contributed by atoms with Crippen molar-refractivity contribution in [2.45, 2.75) is 94.6 Å². The molecular formula is C31H35F5N2O2. The minimum atomic E-state index is -5.04. The highest BCUT2D eigenvalue weighted by molar-refractivity contribution is 5.80. The van der Waals surface area contributed by atoms with Crippen molar-refractivity contribution in [1.82, 2.24) is 10.2 Å². The molecule has 0 radical (unpaired) electrons. The average Bonchev–Trinajstić information content (AvgIpc) is 3.28. The van der Waals surface area contributed by atoms with E-state index in [0.29, 0.717) is 57.6 Å². The fraction of sp³-hybridized carbons (Fsp3) is 0.548. The number of nitrogens with zero attached hydrogens (tertiary/aromatic N) is 1. The fourth-order valence-electron chi connectivity index (χ4n) is 7.26. The van der Waals surface area contributed by atoms with E-state index >= 15 is 0 Å². The summed E-state index contributed by atoms with van der Waals surface area (Å²) in [7, 11) is 0. The summed E-state index contributed by atoms with van der Waals surface area (Å²) in [5.41, 5.74) is -2.07. The van der Waals surface area contributed by atoms with Crippen molar-refractivity contribution in [2.75, 3.05) is 6.54 Å². The maximum Gasteiger partial charge on any atom is 0.426 e. The van der Waals surface area contributed by atoms with Crippen LogP contribution in [0, 0.1) is 11.7 Å². The Morgan fingerprint density at radius 2 is 1.68 bits per heavy atom. The molecule has 2 aromatic carbocycles. The minimum Gasteiger partial charge on any atom is -0.354 e. The number of carbonyl (C=O) groups excluding carboxylic acids is 2. The van der Waals surface area contributed by atoms with Crippen LogP contribution in [-0.2, 0) is 33.5 Å². The van der Waals surface area contributed by atoms with Gasteiger partial charge in [-0.05, 0) is 92.7 Å². The van der Waals surface area contributed by atoms with Crippen molar-refractivity contribution in [3.05, 3.63) is 70.5 Å². The van der Waals surface area contributed by atoms with Crippen molar-refractivity contribution in [1.29, 1.82) is 0 Å². The number of carbonyl (C=O) groups is 2. The second-order valence-electron chi connectivity index (χ2n) is 11.9. The standard InChI is InChI=1S/C31H35F5N2O2/c1-19(39)37-25-11-5-21(6-12-25)28(40)38-16-15-30(18-20-3-9-24(32)10-4-20)26-13-8-23(29(2,33)31(34,35)36)17-22(26)7-14-27(30)38/h3-4,8-10,13,17,21,25,27H,5-7,11-12,14-16,18H2,1-2H3,(H,37,39)/t21?,25?,27-,29?,30-/m1/s1. The van der Waals surface area contributed by atoms with Gasteiger partial charge in [-0.25, -0.2) is 8.78 Å². The smallest absolute Gasteiger partial charge is 0.354 e. The summed E-state index contributed by atoms with van der Waals surface area (Å²) in [5.74, 6) is -0.499. The second-order valence-corrected chi connectivity index (χ2v) is 11.9. The van der Waals surface area contributed by atoms with Crippen LogP contribution in [0.25, 0.3) is 0 Å². The molecule has 1 unspecified atom stereocenters. The third-order valence-corrected chi connectivity index (χ3v) is 9.42. The molecule has 3 atom stereocenters. The Hall–Kier alpha value is -2.97. The molecule has 5 rings (SSSR count). The summed E-state index contributed by atoms with van der Waals surface area (Å²) >= 11 is 0. The third kappa shape index (κ3) is 5.12.